The highest BCUT2D eigenvalue weighted by Crippen LogP contribution is 2.21. The number of carbonyl (C=O) groups excluding carboxylic acids is 2. The van der Waals surface area contributed by atoms with E-state index in [9.17, 15) is 9.59 Å². The van der Waals surface area contributed by atoms with Gasteiger partial charge in [0.2, 0.25) is 5.91 Å². The maximum Gasteiger partial charge on any atom is 0.268 e. The molecule has 0 heterocycles. The molecule has 0 radical (unpaired) electrons. The molecule has 0 bridgehead atoms. The molecule has 2 rings (SSSR count). The third kappa shape index (κ3) is 6.87. The lowest BCUT2D eigenvalue weighted by Crippen LogP contribution is -2.27. The second-order valence-electron chi connectivity index (χ2n) is 6.53. The van der Waals surface area contributed by atoms with E-state index in [0.717, 1.165) is 42.5 Å². The van der Waals surface area contributed by atoms with Crippen LogP contribution in [0, 0.1) is 0 Å². The molecule has 2 amide bonds. The third-order valence-electron chi connectivity index (χ3n) is 4.45. The molecule has 3 N–H and O–H groups in total. The maximum absolute atomic E-state index is 12.1. The van der Waals surface area contributed by atoms with E-state index in [1.165, 1.54) is 7.05 Å². The first kappa shape index (κ1) is 21.2. The van der Waals surface area contributed by atoms with Crippen LogP contribution in [0.15, 0.2) is 59.8 Å². The summed E-state index contributed by atoms with van der Waals surface area (Å²) in [6.07, 6.45) is 4.16. The molecule has 0 spiro atoms. The highest BCUT2D eigenvalue weighted by molar-refractivity contribution is 6.38. The molecule has 0 unspecified atom stereocenters. The molecule has 0 aliphatic rings. The Labute approximate surface area is 165 Å². The summed E-state index contributed by atoms with van der Waals surface area (Å²) in [5, 5.41) is 17.2. The van der Waals surface area contributed by atoms with Crippen molar-refractivity contribution in [1.29, 1.82) is 0 Å². The van der Waals surface area contributed by atoms with Crippen molar-refractivity contribution in [3.8, 4) is 11.1 Å². The molecule has 0 aliphatic heterocycles. The molecule has 0 atom stereocenters. The average Bonchev–Trinajstić information content (AvgIpc) is 2.74. The van der Waals surface area contributed by atoms with Crippen LogP contribution >= 0.6 is 0 Å². The van der Waals surface area contributed by atoms with Gasteiger partial charge >= 0.3 is 0 Å². The zero-order valence-corrected chi connectivity index (χ0v) is 16.1. The van der Waals surface area contributed by atoms with E-state index in [4.69, 9.17) is 5.21 Å². The summed E-state index contributed by atoms with van der Waals surface area (Å²) in [7, 11) is 1.50. The number of nitrogens with one attached hydrogen (secondary N) is 2. The van der Waals surface area contributed by atoms with Gasteiger partial charge in [-0.05, 0) is 42.5 Å². The Balaban J connectivity index is 1.65. The number of unbranched alkanes of at least 4 members (excludes halogenated alkanes) is 3. The summed E-state index contributed by atoms with van der Waals surface area (Å²) in [5.41, 5.74) is 3.19. The van der Waals surface area contributed by atoms with Gasteiger partial charge in [-0.2, -0.15) is 0 Å². The first-order valence-electron chi connectivity index (χ1n) is 9.52. The predicted octanol–water partition coefficient (Wildman–Crippen LogP) is 4.21. The quantitative estimate of drug-likeness (QED) is 0.249. The van der Waals surface area contributed by atoms with Crippen LogP contribution < -0.4 is 10.6 Å². The molecule has 0 saturated heterocycles. The van der Waals surface area contributed by atoms with Crippen molar-refractivity contribution in [3.63, 3.8) is 0 Å². The van der Waals surface area contributed by atoms with E-state index in [-0.39, 0.29) is 17.5 Å². The van der Waals surface area contributed by atoms with E-state index in [0.29, 0.717) is 12.8 Å². The van der Waals surface area contributed by atoms with Gasteiger partial charge < -0.3 is 15.8 Å². The molecule has 6 nitrogen and oxygen atoms in total. The van der Waals surface area contributed by atoms with Crippen LogP contribution in [0.5, 0.6) is 0 Å². The second kappa shape index (κ2) is 11.5. The molecular weight excluding hydrogens is 354 g/mol. The van der Waals surface area contributed by atoms with E-state index in [1.54, 1.807) is 0 Å². The number of amides is 2. The number of hydrogen-bond donors (Lipinski definition) is 3. The predicted molar refractivity (Wildman–Crippen MR) is 111 cm³/mol. The Bertz CT molecular complexity index is 786. The van der Waals surface area contributed by atoms with Gasteiger partial charge in [-0.15, -0.1) is 0 Å². The lowest BCUT2D eigenvalue weighted by molar-refractivity contribution is -0.116. The van der Waals surface area contributed by atoms with Crippen LogP contribution in [0.25, 0.3) is 11.1 Å². The third-order valence-corrected chi connectivity index (χ3v) is 4.45. The first-order chi connectivity index (χ1) is 13.6. The summed E-state index contributed by atoms with van der Waals surface area (Å²) in [5.74, 6) is -0.365. The SMILES string of the molecule is CNC(=O)/C(CCCCCCC(=O)Nc1ccc(-c2ccccc2)cc1)=N\O. The van der Waals surface area contributed by atoms with Crippen LogP contribution in [-0.4, -0.2) is 29.8 Å². The van der Waals surface area contributed by atoms with E-state index >= 15 is 0 Å². The van der Waals surface area contributed by atoms with Gasteiger partial charge in [0.1, 0.15) is 5.71 Å². The fourth-order valence-electron chi connectivity index (χ4n) is 2.88. The minimum Gasteiger partial charge on any atom is -0.410 e. The minimum absolute atomic E-state index is 0.00423. The minimum atomic E-state index is -0.361. The monoisotopic (exact) mass is 381 g/mol. The molecule has 0 fully saturated rings. The van der Waals surface area contributed by atoms with Crippen LogP contribution in [-0.2, 0) is 9.59 Å². The van der Waals surface area contributed by atoms with Crippen molar-refractivity contribution in [2.24, 2.45) is 5.16 Å². The molecule has 0 saturated carbocycles. The molecule has 0 aliphatic carbocycles. The smallest absolute Gasteiger partial charge is 0.268 e. The Morgan fingerprint density at radius 1 is 0.857 bits per heavy atom. The average molecular weight is 381 g/mol. The second-order valence-corrected chi connectivity index (χ2v) is 6.53. The summed E-state index contributed by atoms with van der Waals surface area (Å²) in [6, 6.07) is 17.9. The molecule has 2 aromatic rings. The van der Waals surface area contributed by atoms with Crippen LogP contribution in [0.2, 0.25) is 0 Å². The van der Waals surface area contributed by atoms with Crippen molar-refractivity contribution < 1.29 is 14.8 Å². The highest BCUT2D eigenvalue weighted by atomic mass is 16.4. The van der Waals surface area contributed by atoms with Gasteiger partial charge in [0.25, 0.3) is 5.91 Å². The number of nitrogens with zero attached hydrogens (tertiary/aromatic N) is 1. The van der Waals surface area contributed by atoms with Crippen molar-refractivity contribution in [2.45, 2.75) is 38.5 Å². The lowest BCUT2D eigenvalue weighted by atomic mass is 10.1. The van der Waals surface area contributed by atoms with E-state index in [2.05, 4.69) is 27.9 Å². The molecule has 6 heteroatoms. The molecule has 148 valence electrons. The van der Waals surface area contributed by atoms with Gasteiger partial charge in [-0.3, -0.25) is 9.59 Å². The molecule has 28 heavy (non-hydrogen) atoms. The molecule has 0 aromatic heterocycles. The number of benzene rings is 2. The normalized spacial score (nSPS) is 11.1. The van der Waals surface area contributed by atoms with Gasteiger partial charge in [0.05, 0.1) is 0 Å². The Kier molecular flexibility index (Phi) is 8.72. The number of oxime groups is 1. The van der Waals surface area contributed by atoms with Crippen LogP contribution in [0.4, 0.5) is 5.69 Å². The Hall–Kier alpha value is -3.15. The van der Waals surface area contributed by atoms with E-state index in [1.807, 2.05) is 42.5 Å². The van der Waals surface area contributed by atoms with E-state index < -0.39 is 0 Å². The van der Waals surface area contributed by atoms with Gasteiger partial charge in [-0.25, -0.2) is 0 Å². The van der Waals surface area contributed by atoms with Gasteiger partial charge in [0.15, 0.2) is 0 Å². The number of rotatable bonds is 10. The van der Waals surface area contributed by atoms with Gasteiger partial charge in [0, 0.05) is 19.2 Å². The number of hydrogen-bond acceptors (Lipinski definition) is 4. The van der Waals surface area contributed by atoms with Crippen molar-refractivity contribution in [1.82, 2.24) is 5.32 Å². The zero-order valence-electron chi connectivity index (χ0n) is 16.1. The first-order valence-corrected chi connectivity index (χ1v) is 9.52. The lowest BCUT2D eigenvalue weighted by Gasteiger charge is -2.07. The zero-order chi connectivity index (χ0) is 20.2. The summed E-state index contributed by atoms with van der Waals surface area (Å²) in [4.78, 5) is 23.4. The fraction of sp³-hybridized carbons (Fsp3) is 0.318. The molecular formula is C22H27N3O3. The number of anilines is 1. The van der Waals surface area contributed by atoms with Crippen LogP contribution in [0.1, 0.15) is 38.5 Å². The maximum atomic E-state index is 12.1. The van der Waals surface area contributed by atoms with Crippen LogP contribution in [0.3, 0.4) is 0 Å². The Morgan fingerprint density at radius 3 is 2.07 bits per heavy atom. The summed E-state index contributed by atoms with van der Waals surface area (Å²) >= 11 is 0. The van der Waals surface area contributed by atoms with Crippen molar-refractivity contribution in [2.75, 3.05) is 12.4 Å². The Morgan fingerprint density at radius 2 is 1.46 bits per heavy atom. The topological polar surface area (TPSA) is 90.8 Å². The summed E-state index contributed by atoms with van der Waals surface area (Å²) in [6.45, 7) is 0. The van der Waals surface area contributed by atoms with Crippen molar-refractivity contribution in [3.05, 3.63) is 54.6 Å². The van der Waals surface area contributed by atoms with Crippen molar-refractivity contribution >= 4 is 23.2 Å². The standard InChI is InChI=1S/C22H27N3O3/c1-23-22(27)20(25-28)11-7-2-3-8-12-21(26)24-19-15-13-18(14-16-19)17-9-5-4-6-10-17/h4-6,9-10,13-16,28H,2-3,7-8,11-12H2,1H3,(H,23,27)(H,24,26)/b25-20-. The fourth-order valence-corrected chi connectivity index (χ4v) is 2.88. The number of carbonyl (C=O) groups is 2. The largest absolute Gasteiger partial charge is 0.410 e. The molecule has 2 aromatic carbocycles. The highest BCUT2D eigenvalue weighted by Gasteiger charge is 2.09. The van der Waals surface area contributed by atoms with Gasteiger partial charge in [-0.1, -0.05) is 60.5 Å². The summed E-state index contributed by atoms with van der Waals surface area (Å²) < 4.78 is 0.